The molecule has 1 atom stereocenters. The van der Waals surface area contributed by atoms with E-state index >= 15 is 0 Å². The van der Waals surface area contributed by atoms with Crippen LogP contribution in [0.3, 0.4) is 0 Å². The van der Waals surface area contributed by atoms with E-state index in [1.807, 2.05) is 6.92 Å². The lowest BCUT2D eigenvalue weighted by atomic mass is 10.1. The van der Waals surface area contributed by atoms with Crippen molar-refractivity contribution in [1.82, 2.24) is 5.32 Å². The van der Waals surface area contributed by atoms with Gasteiger partial charge in [-0.3, -0.25) is 9.32 Å². The van der Waals surface area contributed by atoms with Crippen molar-refractivity contribution in [1.29, 1.82) is 0 Å². The first kappa shape index (κ1) is 23.6. The van der Waals surface area contributed by atoms with Gasteiger partial charge in [0.2, 0.25) is 5.91 Å². The van der Waals surface area contributed by atoms with Gasteiger partial charge in [-0.2, -0.15) is 0 Å². The van der Waals surface area contributed by atoms with E-state index in [1.165, 1.54) is 0 Å². The van der Waals surface area contributed by atoms with Crippen molar-refractivity contribution in [2.45, 2.75) is 64.8 Å². The highest BCUT2D eigenvalue weighted by atomic mass is 31.2. The van der Waals surface area contributed by atoms with E-state index in [9.17, 15) is 9.36 Å². The number of unbranched alkanes of at least 4 members (excludes halogenated alkanes) is 4. The molecule has 0 aliphatic heterocycles. The van der Waals surface area contributed by atoms with Gasteiger partial charge in [-0.1, -0.05) is 51.7 Å². The molecule has 0 saturated carbocycles. The van der Waals surface area contributed by atoms with Crippen molar-refractivity contribution in [3.05, 3.63) is 29.8 Å². The zero-order chi connectivity index (χ0) is 20.1. The molecule has 0 spiro atoms. The Hall–Kier alpha value is -1.40. The lowest BCUT2D eigenvalue weighted by molar-refractivity contribution is -0.122. The molecule has 1 rings (SSSR count). The fraction of sp³-hybridized carbons (Fsp3) is 0.632. The normalized spacial score (nSPS) is 12.6. The Kier molecular flexibility index (Phi) is 11.3. The fourth-order valence-corrected chi connectivity index (χ4v) is 2.93. The van der Waals surface area contributed by atoms with Crippen molar-refractivity contribution < 1.29 is 28.4 Å². The monoisotopic (exact) mass is 401 g/mol. The summed E-state index contributed by atoms with van der Waals surface area (Å²) in [7, 11) is -4.63. The summed E-state index contributed by atoms with van der Waals surface area (Å²) >= 11 is 0. The average molecular weight is 401 g/mol. The van der Waals surface area contributed by atoms with Gasteiger partial charge in [0, 0.05) is 6.42 Å². The Morgan fingerprint density at radius 2 is 1.89 bits per heavy atom. The standard InChI is InChI=1S/C19H32NO6P/c1-3-5-6-7-8-12-19(21)20-18(15-26-27(22,23)24)16-10-9-11-17(14-16)25-13-4-2/h9-11,14,18H,3-8,12-13,15H2,1-2H3,(H,20,21)(H2,22,23,24). The van der Waals surface area contributed by atoms with Gasteiger partial charge in [-0.25, -0.2) is 4.57 Å². The molecule has 3 N–H and O–H groups in total. The van der Waals surface area contributed by atoms with E-state index in [-0.39, 0.29) is 12.5 Å². The molecular weight excluding hydrogens is 369 g/mol. The predicted molar refractivity (Wildman–Crippen MR) is 104 cm³/mol. The minimum Gasteiger partial charge on any atom is -0.494 e. The molecule has 0 aromatic heterocycles. The Morgan fingerprint density at radius 3 is 2.56 bits per heavy atom. The van der Waals surface area contributed by atoms with E-state index in [4.69, 9.17) is 14.5 Å². The van der Waals surface area contributed by atoms with E-state index < -0.39 is 13.9 Å². The molecule has 1 aromatic carbocycles. The van der Waals surface area contributed by atoms with Crippen LogP contribution in [0.1, 0.15) is 70.4 Å². The Balaban J connectivity index is 2.72. The summed E-state index contributed by atoms with van der Waals surface area (Å²) in [6.45, 7) is 4.39. The molecule has 0 bridgehead atoms. The van der Waals surface area contributed by atoms with Gasteiger partial charge >= 0.3 is 7.82 Å². The van der Waals surface area contributed by atoms with Crippen molar-refractivity contribution in [2.75, 3.05) is 13.2 Å². The van der Waals surface area contributed by atoms with Crippen LogP contribution in [-0.2, 0) is 13.9 Å². The molecule has 154 valence electrons. The highest BCUT2D eigenvalue weighted by Gasteiger charge is 2.21. The lowest BCUT2D eigenvalue weighted by Gasteiger charge is -2.20. The van der Waals surface area contributed by atoms with Crippen molar-refractivity contribution in [2.24, 2.45) is 0 Å². The van der Waals surface area contributed by atoms with Crippen LogP contribution in [0.5, 0.6) is 5.75 Å². The molecule has 1 unspecified atom stereocenters. The summed E-state index contributed by atoms with van der Waals surface area (Å²) < 4.78 is 21.3. The largest absolute Gasteiger partial charge is 0.494 e. The predicted octanol–water partition coefficient (Wildman–Crippen LogP) is 4.10. The third-order valence-corrected chi connectivity index (χ3v) is 4.47. The number of hydrogen-bond donors (Lipinski definition) is 3. The van der Waals surface area contributed by atoms with Gasteiger partial charge in [-0.05, 0) is 30.5 Å². The third-order valence-electron chi connectivity index (χ3n) is 3.99. The zero-order valence-electron chi connectivity index (χ0n) is 16.2. The molecule has 0 saturated heterocycles. The van der Waals surface area contributed by atoms with E-state index in [1.54, 1.807) is 24.3 Å². The number of benzene rings is 1. The van der Waals surface area contributed by atoms with Gasteiger partial charge in [0.1, 0.15) is 5.75 Å². The molecule has 27 heavy (non-hydrogen) atoms. The smallest absolute Gasteiger partial charge is 0.469 e. The number of hydrogen-bond acceptors (Lipinski definition) is 4. The molecule has 0 fully saturated rings. The van der Waals surface area contributed by atoms with Crippen LogP contribution < -0.4 is 10.1 Å². The number of rotatable bonds is 14. The third kappa shape index (κ3) is 11.1. The second-order valence-electron chi connectivity index (χ2n) is 6.49. The molecule has 8 heteroatoms. The van der Waals surface area contributed by atoms with Crippen LogP contribution in [-0.4, -0.2) is 28.9 Å². The van der Waals surface area contributed by atoms with Crippen LogP contribution >= 0.6 is 7.82 Å². The number of ether oxygens (including phenoxy) is 1. The van der Waals surface area contributed by atoms with E-state index in [2.05, 4.69) is 16.8 Å². The first-order chi connectivity index (χ1) is 12.9. The number of phosphoric ester groups is 1. The van der Waals surface area contributed by atoms with E-state index in [0.29, 0.717) is 24.3 Å². The lowest BCUT2D eigenvalue weighted by Crippen LogP contribution is -2.31. The van der Waals surface area contributed by atoms with Crippen LogP contribution in [0.4, 0.5) is 0 Å². The quantitative estimate of drug-likeness (QED) is 0.320. The maximum atomic E-state index is 12.2. The van der Waals surface area contributed by atoms with Crippen LogP contribution in [0, 0.1) is 0 Å². The Labute approximate surface area is 161 Å². The second-order valence-corrected chi connectivity index (χ2v) is 7.73. The maximum Gasteiger partial charge on any atom is 0.469 e. The van der Waals surface area contributed by atoms with Crippen molar-refractivity contribution >= 4 is 13.7 Å². The molecule has 0 heterocycles. The van der Waals surface area contributed by atoms with Crippen molar-refractivity contribution in [3.63, 3.8) is 0 Å². The maximum absolute atomic E-state index is 12.2. The number of phosphoric acid groups is 1. The number of amides is 1. The Morgan fingerprint density at radius 1 is 1.15 bits per heavy atom. The highest BCUT2D eigenvalue weighted by Crippen LogP contribution is 2.37. The van der Waals surface area contributed by atoms with E-state index in [0.717, 1.165) is 38.5 Å². The first-order valence-electron chi connectivity index (χ1n) is 9.58. The summed E-state index contributed by atoms with van der Waals surface area (Å²) in [6.07, 6.45) is 6.43. The van der Waals surface area contributed by atoms with Gasteiger partial charge in [-0.15, -0.1) is 0 Å². The Bertz CT molecular complexity index is 604. The number of carbonyl (C=O) groups is 1. The molecular formula is C19H32NO6P. The molecule has 0 aliphatic carbocycles. The highest BCUT2D eigenvalue weighted by molar-refractivity contribution is 7.46. The summed E-state index contributed by atoms with van der Waals surface area (Å²) in [5.74, 6) is 0.482. The SMILES string of the molecule is CCCCCCCC(=O)NC(COP(=O)(O)O)c1cccc(OCCC)c1. The van der Waals surface area contributed by atoms with Gasteiger partial charge < -0.3 is 19.8 Å². The van der Waals surface area contributed by atoms with Crippen LogP contribution in [0.2, 0.25) is 0 Å². The van der Waals surface area contributed by atoms with Crippen molar-refractivity contribution in [3.8, 4) is 5.75 Å². The zero-order valence-corrected chi connectivity index (χ0v) is 17.1. The second kappa shape index (κ2) is 12.9. The summed E-state index contributed by atoms with van der Waals surface area (Å²) in [4.78, 5) is 30.2. The number of nitrogens with one attached hydrogen (secondary N) is 1. The molecule has 7 nitrogen and oxygen atoms in total. The van der Waals surface area contributed by atoms with Gasteiger partial charge in [0.25, 0.3) is 0 Å². The van der Waals surface area contributed by atoms with Gasteiger partial charge in [0.05, 0.1) is 19.3 Å². The summed E-state index contributed by atoms with van der Waals surface area (Å²) in [6, 6.07) is 6.45. The summed E-state index contributed by atoms with van der Waals surface area (Å²) in [5.41, 5.74) is 0.677. The topological polar surface area (TPSA) is 105 Å². The molecule has 1 amide bonds. The van der Waals surface area contributed by atoms with Crippen LogP contribution in [0.15, 0.2) is 24.3 Å². The fourth-order valence-electron chi connectivity index (χ4n) is 2.59. The number of carbonyl (C=O) groups excluding carboxylic acids is 1. The summed E-state index contributed by atoms with van der Waals surface area (Å²) in [5, 5.41) is 2.82. The molecule has 1 aromatic rings. The van der Waals surface area contributed by atoms with Crippen LogP contribution in [0.25, 0.3) is 0 Å². The average Bonchev–Trinajstić information content (AvgIpc) is 2.62. The molecule has 0 aliphatic rings. The first-order valence-corrected chi connectivity index (χ1v) is 11.1. The molecule has 0 radical (unpaired) electrons. The minimum atomic E-state index is -4.63. The van der Waals surface area contributed by atoms with Gasteiger partial charge in [0.15, 0.2) is 0 Å². The minimum absolute atomic E-state index is 0.161.